The van der Waals surface area contributed by atoms with E-state index < -0.39 is 5.41 Å². The molecule has 2 aromatic heterocycles. The summed E-state index contributed by atoms with van der Waals surface area (Å²) in [7, 11) is 0. The number of aromatic nitrogens is 3. The van der Waals surface area contributed by atoms with Crippen molar-refractivity contribution in [3.8, 4) is 0 Å². The largest absolute Gasteiger partial charge is 0.346 e. The highest BCUT2D eigenvalue weighted by molar-refractivity contribution is 6.30. The third-order valence-corrected chi connectivity index (χ3v) is 7.16. The Bertz CT molecular complexity index is 1230. The van der Waals surface area contributed by atoms with Crippen molar-refractivity contribution in [3.63, 3.8) is 0 Å². The summed E-state index contributed by atoms with van der Waals surface area (Å²) in [6.07, 6.45) is 5.80. The lowest BCUT2D eigenvalue weighted by Crippen LogP contribution is -2.43. The molecule has 0 saturated heterocycles. The number of halogens is 1. The van der Waals surface area contributed by atoms with Crippen molar-refractivity contribution in [1.29, 1.82) is 0 Å². The summed E-state index contributed by atoms with van der Waals surface area (Å²) < 4.78 is 1.97. The van der Waals surface area contributed by atoms with Crippen LogP contribution in [-0.2, 0) is 36.3 Å². The molecule has 0 spiro atoms. The minimum atomic E-state index is -0.473. The van der Waals surface area contributed by atoms with Crippen molar-refractivity contribution in [2.24, 2.45) is 5.92 Å². The first-order valence-corrected chi connectivity index (χ1v) is 12.6. The molecule has 5 rings (SSSR count). The molecule has 35 heavy (non-hydrogen) atoms. The minimum absolute atomic E-state index is 0.129. The van der Waals surface area contributed by atoms with Gasteiger partial charge in [-0.2, -0.15) is 5.10 Å². The smallest absolute Gasteiger partial charge is 0.272 e. The molecule has 2 aliphatic rings. The monoisotopic (exact) mass is 491 g/mol. The summed E-state index contributed by atoms with van der Waals surface area (Å²) in [4.78, 5) is 32.9. The molecule has 3 aromatic rings. The molecule has 1 aromatic carbocycles. The van der Waals surface area contributed by atoms with Gasteiger partial charge in [-0.05, 0) is 48.1 Å². The fraction of sp³-hybridized carbons (Fsp3) is 0.407. The van der Waals surface area contributed by atoms with Crippen molar-refractivity contribution in [3.05, 3.63) is 81.9 Å². The summed E-state index contributed by atoms with van der Waals surface area (Å²) >= 11 is 6.07. The van der Waals surface area contributed by atoms with Crippen LogP contribution in [0.5, 0.6) is 0 Å². The first-order chi connectivity index (χ1) is 16.9. The fourth-order valence-electron chi connectivity index (χ4n) is 4.93. The van der Waals surface area contributed by atoms with Crippen LogP contribution in [0.2, 0.25) is 5.02 Å². The Morgan fingerprint density at radius 3 is 2.60 bits per heavy atom. The number of carbonyl (C=O) groups excluding carboxylic acids is 2. The topological polar surface area (TPSA) is 80.1 Å². The van der Waals surface area contributed by atoms with E-state index in [9.17, 15) is 9.59 Å². The van der Waals surface area contributed by atoms with Crippen molar-refractivity contribution in [1.82, 2.24) is 25.0 Å². The van der Waals surface area contributed by atoms with E-state index in [0.717, 1.165) is 41.8 Å². The molecule has 0 bridgehead atoms. The summed E-state index contributed by atoms with van der Waals surface area (Å²) in [5.41, 5.74) is 3.80. The number of fused-ring (bicyclic) bond motifs is 1. The maximum atomic E-state index is 13.7. The van der Waals surface area contributed by atoms with Gasteiger partial charge < -0.3 is 10.2 Å². The molecule has 0 atom stereocenters. The molecule has 1 aliphatic heterocycles. The van der Waals surface area contributed by atoms with E-state index in [0.29, 0.717) is 42.7 Å². The molecule has 2 amide bonds. The number of amides is 2. The average molecular weight is 492 g/mol. The van der Waals surface area contributed by atoms with Crippen LogP contribution in [0.15, 0.2) is 48.8 Å². The highest BCUT2D eigenvalue weighted by Crippen LogP contribution is 2.50. The van der Waals surface area contributed by atoms with Gasteiger partial charge in [-0.1, -0.05) is 43.6 Å². The highest BCUT2D eigenvalue weighted by Gasteiger charge is 2.53. The van der Waals surface area contributed by atoms with Crippen LogP contribution in [0.3, 0.4) is 0 Å². The lowest BCUT2D eigenvalue weighted by molar-refractivity contribution is -0.135. The van der Waals surface area contributed by atoms with Gasteiger partial charge in [0.15, 0.2) is 5.69 Å². The highest BCUT2D eigenvalue weighted by atomic mass is 35.5. The zero-order valence-electron chi connectivity index (χ0n) is 20.1. The third kappa shape index (κ3) is 4.69. The molecule has 0 radical (unpaired) electrons. The molecule has 3 heterocycles. The molecule has 1 fully saturated rings. The zero-order valence-corrected chi connectivity index (χ0v) is 20.9. The van der Waals surface area contributed by atoms with Crippen LogP contribution in [0, 0.1) is 5.92 Å². The Morgan fingerprint density at radius 2 is 1.94 bits per heavy atom. The van der Waals surface area contributed by atoms with Gasteiger partial charge >= 0.3 is 0 Å². The van der Waals surface area contributed by atoms with Gasteiger partial charge in [-0.25, -0.2) is 0 Å². The molecule has 1 N–H and O–H groups in total. The van der Waals surface area contributed by atoms with Gasteiger partial charge in [0.2, 0.25) is 5.91 Å². The third-order valence-electron chi connectivity index (χ3n) is 6.91. The van der Waals surface area contributed by atoms with Crippen molar-refractivity contribution < 1.29 is 9.59 Å². The van der Waals surface area contributed by atoms with E-state index in [1.807, 2.05) is 46.0 Å². The van der Waals surface area contributed by atoms with Crippen LogP contribution < -0.4 is 5.32 Å². The predicted molar refractivity (Wildman–Crippen MR) is 134 cm³/mol. The van der Waals surface area contributed by atoms with E-state index in [1.165, 1.54) is 0 Å². The van der Waals surface area contributed by atoms with Crippen LogP contribution in [0.4, 0.5) is 0 Å². The molecular weight excluding hydrogens is 462 g/mol. The Morgan fingerprint density at radius 1 is 1.17 bits per heavy atom. The van der Waals surface area contributed by atoms with E-state index in [2.05, 4.69) is 24.1 Å². The SMILES string of the molecule is CC(C)Cn1nc(C(=O)NCc2cccnc2)c2c1CCN(C(=O)C1(c3ccc(Cl)cc3)CC1)C2. The normalized spacial score (nSPS) is 16.2. The number of hydrogen-bond donors (Lipinski definition) is 1. The maximum absolute atomic E-state index is 13.7. The second-order valence-electron chi connectivity index (χ2n) is 9.96. The van der Waals surface area contributed by atoms with Crippen LogP contribution in [0.25, 0.3) is 0 Å². The number of rotatable bonds is 7. The molecule has 7 nitrogen and oxygen atoms in total. The Labute approximate surface area is 210 Å². The molecule has 1 saturated carbocycles. The molecule has 0 unspecified atom stereocenters. The van der Waals surface area contributed by atoms with Crippen LogP contribution in [0.1, 0.15) is 59.6 Å². The van der Waals surface area contributed by atoms with Gasteiger partial charge in [0.05, 0.1) is 5.41 Å². The average Bonchev–Trinajstić information content (AvgIpc) is 3.60. The molecular formula is C27H30ClN5O2. The van der Waals surface area contributed by atoms with Crippen molar-refractivity contribution in [2.45, 2.75) is 58.2 Å². The van der Waals surface area contributed by atoms with Crippen LogP contribution >= 0.6 is 11.6 Å². The second-order valence-corrected chi connectivity index (χ2v) is 10.4. The number of pyridine rings is 1. The number of hydrogen-bond acceptors (Lipinski definition) is 4. The number of nitrogens with one attached hydrogen (secondary N) is 1. The lowest BCUT2D eigenvalue weighted by atomic mass is 9.93. The van der Waals surface area contributed by atoms with E-state index in [1.54, 1.807) is 12.4 Å². The number of carbonyl (C=O) groups is 2. The fourth-order valence-corrected chi connectivity index (χ4v) is 5.06. The summed E-state index contributed by atoms with van der Waals surface area (Å²) in [6, 6.07) is 11.4. The van der Waals surface area contributed by atoms with Crippen LogP contribution in [-0.4, -0.2) is 38.0 Å². The zero-order chi connectivity index (χ0) is 24.6. The van der Waals surface area contributed by atoms with Gasteiger partial charge in [0.1, 0.15) is 0 Å². The Hall–Kier alpha value is -3.19. The lowest BCUT2D eigenvalue weighted by Gasteiger charge is -2.31. The standard InChI is InChI=1S/C27H30ClN5O2/c1-18(2)16-33-23-9-13-32(26(35)27(10-11-27)20-5-7-21(28)8-6-20)17-22(23)24(31-33)25(34)30-15-19-4-3-12-29-14-19/h3-8,12,14,18H,9-11,13,15-17H2,1-2H3,(H,30,34). The molecule has 8 heteroatoms. The molecule has 1 aliphatic carbocycles. The maximum Gasteiger partial charge on any atom is 0.272 e. The van der Waals surface area contributed by atoms with Gasteiger partial charge in [0.25, 0.3) is 5.91 Å². The summed E-state index contributed by atoms with van der Waals surface area (Å²) in [5.74, 6) is 0.300. The van der Waals surface area contributed by atoms with Gasteiger partial charge in [0, 0.05) is 61.3 Å². The first-order valence-electron chi connectivity index (χ1n) is 12.2. The minimum Gasteiger partial charge on any atom is -0.346 e. The molecule has 182 valence electrons. The Balaban J connectivity index is 1.39. The van der Waals surface area contributed by atoms with Gasteiger partial charge in [-0.15, -0.1) is 0 Å². The van der Waals surface area contributed by atoms with Crippen molar-refractivity contribution >= 4 is 23.4 Å². The summed E-state index contributed by atoms with van der Waals surface area (Å²) in [6.45, 7) is 6.41. The second kappa shape index (κ2) is 9.46. The number of nitrogens with zero attached hydrogens (tertiary/aromatic N) is 4. The van der Waals surface area contributed by atoms with E-state index in [-0.39, 0.29) is 11.8 Å². The predicted octanol–water partition coefficient (Wildman–Crippen LogP) is 4.13. The number of benzene rings is 1. The Kier molecular flexibility index (Phi) is 6.36. The van der Waals surface area contributed by atoms with E-state index >= 15 is 0 Å². The van der Waals surface area contributed by atoms with Gasteiger partial charge in [-0.3, -0.25) is 19.3 Å². The summed E-state index contributed by atoms with van der Waals surface area (Å²) in [5, 5.41) is 8.36. The van der Waals surface area contributed by atoms with E-state index in [4.69, 9.17) is 16.7 Å². The van der Waals surface area contributed by atoms with Crippen molar-refractivity contribution in [2.75, 3.05) is 6.54 Å². The quantitative estimate of drug-likeness (QED) is 0.538. The first kappa shape index (κ1) is 23.5.